The van der Waals surface area contributed by atoms with E-state index in [1.165, 1.54) is 16.8 Å². The van der Waals surface area contributed by atoms with E-state index in [1.54, 1.807) is 14.2 Å². The van der Waals surface area contributed by atoms with E-state index < -0.39 is 47.7 Å². The van der Waals surface area contributed by atoms with Crippen LogP contribution in [0.3, 0.4) is 0 Å². The second-order valence-electron chi connectivity index (χ2n) is 11.3. The molecule has 242 valence electrons. The SMILES string of the molecule is COc1ccc(C(OC[C@@H]2O[C@@H](n3ccc(=O)[nH]c3=O)[C@H](O[C@@H]3CCCCO3)[C@@H]2O)(c2ccccc2)c2ccc(OC)cc2)cc1. The van der Waals surface area contributed by atoms with Crippen LogP contribution in [0.1, 0.15) is 42.2 Å². The molecule has 1 aromatic heterocycles. The van der Waals surface area contributed by atoms with Gasteiger partial charge in [-0.1, -0.05) is 54.6 Å². The molecule has 2 saturated heterocycles. The number of aromatic nitrogens is 2. The Morgan fingerprint density at radius 2 is 1.50 bits per heavy atom. The lowest BCUT2D eigenvalue weighted by atomic mass is 9.80. The van der Waals surface area contributed by atoms with Crippen molar-refractivity contribution in [1.82, 2.24) is 9.55 Å². The minimum absolute atomic E-state index is 0.0892. The lowest BCUT2D eigenvalue weighted by Crippen LogP contribution is -2.43. The summed E-state index contributed by atoms with van der Waals surface area (Å²) in [5, 5.41) is 11.7. The fraction of sp³-hybridized carbons (Fsp3) is 0.371. The number of rotatable bonds is 11. The predicted octanol–water partition coefficient (Wildman–Crippen LogP) is 3.73. The van der Waals surface area contributed by atoms with Crippen LogP contribution in [-0.4, -0.2) is 66.7 Å². The Labute approximate surface area is 266 Å². The van der Waals surface area contributed by atoms with Gasteiger partial charge in [0.15, 0.2) is 12.5 Å². The van der Waals surface area contributed by atoms with Crippen LogP contribution in [0.15, 0.2) is 101 Å². The summed E-state index contributed by atoms with van der Waals surface area (Å²) in [4.78, 5) is 27.0. The fourth-order valence-corrected chi connectivity index (χ4v) is 6.13. The number of benzene rings is 3. The number of hydrogen-bond donors (Lipinski definition) is 2. The number of nitrogens with zero attached hydrogens (tertiary/aromatic N) is 1. The van der Waals surface area contributed by atoms with Crippen molar-refractivity contribution in [3.8, 4) is 11.5 Å². The van der Waals surface area contributed by atoms with Crippen LogP contribution in [0, 0.1) is 0 Å². The Kier molecular flexibility index (Phi) is 9.67. The van der Waals surface area contributed by atoms with Crippen molar-refractivity contribution in [1.29, 1.82) is 0 Å². The second kappa shape index (κ2) is 14.0. The van der Waals surface area contributed by atoms with Crippen molar-refractivity contribution in [2.75, 3.05) is 27.4 Å². The quantitative estimate of drug-likeness (QED) is 0.238. The van der Waals surface area contributed by atoms with E-state index in [-0.39, 0.29) is 6.61 Å². The van der Waals surface area contributed by atoms with E-state index in [9.17, 15) is 14.7 Å². The number of nitrogens with one attached hydrogen (secondary N) is 1. The van der Waals surface area contributed by atoms with Crippen LogP contribution in [0.2, 0.25) is 0 Å². The van der Waals surface area contributed by atoms with Gasteiger partial charge in [0.25, 0.3) is 5.56 Å². The highest BCUT2D eigenvalue weighted by Gasteiger charge is 2.49. The number of H-pyrrole nitrogens is 1. The molecule has 3 heterocycles. The smallest absolute Gasteiger partial charge is 0.330 e. The molecule has 2 aliphatic heterocycles. The van der Waals surface area contributed by atoms with Crippen LogP contribution < -0.4 is 20.7 Å². The maximum absolute atomic E-state index is 12.9. The fourth-order valence-electron chi connectivity index (χ4n) is 6.13. The summed E-state index contributed by atoms with van der Waals surface area (Å²) in [5.74, 6) is 1.38. The van der Waals surface area contributed by atoms with Crippen molar-refractivity contribution in [3.05, 3.63) is 129 Å². The molecule has 46 heavy (non-hydrogen) atoms. The summed E-state index contributed by atoms with van der Waals surface area (Å²) in [6.45, 7) is 0.446. The van der Waals surface area contributed by atoms with Crippen molar-refractivity contribution in [3.63, 3.8) is 0 Å². The van der Waals surface area contributed by atoms with Gasteiger partial charge in [-0.15, -0.1) is 0 Å². The number of aliphatic hydroxyl groups is 1. The van der Waals surface area contributed by atoms with Crippen LogP contribution in [-0.2, 0) is 24.5 Å². The van der Waals surface area contributed by atoms with Gasteiger partial charge in [-0.05, 0) is 60.2 Å². The molecule has 11 nitrogen and oxygen atoms in total. The number of methoxy groups -OCH3 is 2. The number of ether oxygens (including phenoxy) is 6. The van der Waals surface area contributed by atoms with E-state index in [4.69, 9.17) is 28.4 Å². The first kappa shape index (κ1) is 31.7. The largest absolute Gasteiger partial charge is 0.497 e. The average Bonchev–Trinajstić information content (AvgIpc) is 3.40. The predicted molar refractivity (Wildman–Crippen MR) is 168 cm³/mol. The Balaban J connectivity index is 1.39. The van der Waals surface area contributed by atoms with Crippen molar-refractivity contribution in [2.45, 2.75) is 55.7 Å². The monoisotopic (exact) mass is 630 g/mol. The Morgan fingerprint density at radius 1 is 0.870 bits per heavy atom. The van der Waals surface area contributed by atoms with Gasteiger partial charge < -0.3 is 33.5 Å². The summed E-state index contributed by atoms with van der Waals surface area (Å²) in [5.41, 5.74) is 0.0926. The molecule has 5 atom stereocenters. The van der Waals surface area contributed by atoms with E-state index >= 15 is 0 Å². The maximum atomic E-state index is 12.9. The Hall–Kier alpha value is -4.26. The third-order valence-electron chi connectivity index (χ3n) is 8.52. The van der Waals surface area contributed by atoms with Crippen LogP contribution >= 0.6 is 0 Å². The molecule has 11 heteroatoms. The van der Waals surface area contributed by atoms with Crippen LogP contribution in [0.4, 0.5) is 0 Å². The number of aromatic amines is 1. The van der Waals surface area contributed by atoms with Gasteiger partial charge in [-0.2, -0.15) is 0 Å². The molecule has 2 N–H and O–H groups in total. The molecule has 0 aliphatic carbocycles. The molecule has 2 fully saturated rings. The summed E-state index contributed by atoms with van der Waals surface area (Å²) in [6.07, 6.45) is -0.910. The maximum Gasteiger partial charge on any atom is 0.330 e. The molecule has 0 spiro atoms. The van der Waals surface area contributed by atoms with Crippen molar-refractivity contribution in [2.24, 2.45) is 0 Å². The van der Waals surface area contributed by atoms with E-state index in [0.717, 1.165) is 29.5 Å². The van der Waals surface area contributed by atoms with Gasteiger partial charge >= 0.3 is 5.69 Å². The van der Waals surface area contributed by atoms with Crippen molar-refractivity contribution < 1.29 is 33.5 Å². The first-order chi connectivity index (χ1) is 22.4. The molecule has 0 saturated carbocycles. The third kappa shape index (κ3) is 6.37. The van der Waals surface area contributed by atoms with E-state index in [2.05, 4.69) is 4.98 Å². The van der Waals surface area contributed by atoms with Gasteiger partial charge in [0, 0.05) is 18.9 Å². The first-order valence-corrected chi connectivity index (χ1v) is 15.3. The first-order valence-electron chi connectivity index (χ1n) is 15.3. The van der Waals surface area contributed by atoms with Gasteiger partial charge in [0.2, 0.25) is 0 Å². The zero-order chi connectivity index (χ0) is 32.1. The average molecular weight is 631 g/mol. The van der Waals surface area contributed by atoms with Crippen LogP contribution in [0.25, 0.3) is 0 Å². The van der Waals surface area contributed by atoms with Crippen LogP contribution in [0.5, 0.6) is 11.5 Å². The third-order valence-corrected chi connectivity index (χ3v) is 8.52. The van der Waals surface area contributed by atoms with Gasteiger partial charge in [-0.25, -0.2) is 4.79 Å². The molecule has 2 aliphatic rings. The van der Waals surface area contributed by atoms with Crippen molar-refractivity contribution >= 4 is 0 Å². The number of aliphatic hydroxyl groups excluding tert-OH is 1. The Morgan fingerprint density at radius 3 is 2.07 bits per heavy atom. The minimum Gasteiger partial charge on any atom is -0.497 e. The molecule has 0 unspecified atom stereocenters. The minimum atomic E-state index is -1.20. The lowest BCUT2D eigenvalue weighted by Gasteiger charge is -2.37. The van der Waals surface area contributed by atoms with Gasteiger partial charge in [0.05, 0.1) is 20.8 Å². The molecule has 0 radical (unpaired) electrons. The molecule has 4 aromatic rings. The molecular weight excluding hydrogens is 592 g/mol. The summed E-state index contributed by atoms with van der Waals surface area (Å²) in [6, 6.07) is 26.2. The zero-order valence-electron chi connectivity index (χ0n) is 25.7. The molecule has 6 rings (SSSR count). The summed E-state index contributed by atoms with van der Waals surface area (Å²) >= 11 is 0. The zero-order valence-corrected chi connectivity index (χ0v) is 25.7. The molecule has 0 bridgehead atoms. The Bertz CT molecular complexity index is 1630. The standard InChI is InChI=1S/C35H38N2O9/c1-41-26-15-11-24(12-16-26)35(23-8-4-3-5-9-23,25-13-17-27(42-2)18-14-25)44-22-28-31(39)32(46-30-10-6-7-21-43-30)33(45-28)37-20-19-29(38)36-34(37)40/h3-5,8-9,11-20,28,30-33,39H,6-7,10,21-22H2,1-2H3,(H,36,38,40)/t28-,30+,31+,32+,33+/m0/s1. The highest BCUT2D eigenvalue weighted by atomic mass is 16.7. The lowest BCUT2D eigenvalue weighted by molar-refractivity contribution is -0.215. The molecular formula is C35H38N2O9. The summed E-state index contributed by atoms with van der Waals surface area (Å²) in [7, 11) is 3.22. The highest BCUT2D eigenvalue weighted by molar-refractivity contribution is 5.49. The second-order valence-corrected chi connectivity index (χ2v) is 11.3. The van der Waals surface area contributed by atoms with Gasteiger partial charge in [0.1, 0.15) is 35.4 Å². The molecule has 3 aromatic carbocycles. The van der Waals surface area contributed by atoms with Gasteiger partial charge in [-0.3, -0.25) is 14.3 Å². The highest BCUT2D eigenvalue weighted by Crippen LogP contribution is 2.43. The number of hydrogen-bond acceptors (Lipinski definition) is 9. The molecule has 0 amide bonds. The topological polar surface area (TPSA) is 130 Å². The van der Waals surface area contributed by atoms with E-state index in [1.807, 2.05) is 78.9 Å². The summed E-state index contributed by atoms with van der Waals surface area (Å²) < 4.78 is 37.5. The normalized spacial score (nSPS) is 23.2. The van der Waals surface area contributed by atoms with E-state index in [0.29, 0.717) is 24.5 Å².